The third-order valence-electron chi connectivity index (χ3n) is 2.96. The van der Waals surface area contributed by atoms with Crippen LogP contribution in [0.1, 0.15) is 11.3 Å². The van der Waals surface area contributed by atoms with Gasteiger partial charge >= 0.3 is 0 Å². The first kappa shape index (κ1) is 11.9. The van der Waals surface area contributed by atoms with Gasteiger partial charge in [-0.05, 0) is 13.0 Å². The molecule has 1 N–H and O–H groups in total. The zero-order valence-corrected chi connectivity index (χ0v) is 11.3. The van der Waals surface area contributed by atoms with E-state index in [1.165, 1.54) is 6.33 Å². The second-order valence-electron chi connectivity index (χ2n) is 4.15. The molecule has 3 rings (SSSR count). The van der Waals surface area contributed by atoms with E-state index in [4.69, 9.17) is 11.6 Å². The third-order valence-corrected chi connectivity index (χ3v) is 3.33. The normalized spacial score (nSPS) is 11.1. The Morgan fingerprint density at radius 3 is 2.95 bits per heavy atom. The van der Waals surface area contributed by atoms with E-state index >= 15 is 0 Å². The molecule has 0 amide bonds. The van der Waals surface area contributed by atoms with Crippen molar-refractivity contribution in [3.05, 3.63) is 35.0 Å². The van der Waals surface area contributed by atoms with Crippen molar-refractivity contribution < 1.29 is 0 Å². The first-order chi connectivity index (χ1) is 9.16. The molecule has 3 aromatic rings. The standard InChI is InChI=1S/C11H12ClN7/c1-7-9(12)17-11-14-6-16-19(11)10(7)13-5-8-3-4-15-18(8)2/h3-4,6,13H,5H2,1-2H3. The van der Waals surface area contributed by atoms with E-state index in [1.807, 2.05) is 24.7 Å². The number of hydrogen-bond donors (Lipinski definition) is 1. The van der Waals surface area contributed by atoms with E-state index in [0.29, 0.717) is 17.5 Å². The summed E-state index contributed by atoms with van der Waals surface area (Å²) in [4.78, 5) is 8.20. The van der Waals surface area contributed by atoms with Crippen molar-refractivity contribution in [2.45, 2.75) is 13.5 Å². The predicted octanol–water partition coefficient (Wildman–Crippen LogP) is 1.43. The Balaban J connectivity index is 1.98. The first-order valence-corrected chi connectivity index (χ1v) is 6.11. The second-order valence-corrected chi connectivity index (χ2v) is 4.51. The van der Waals surface area contributed by atoms with Crippen LogP contribution in [0, 0.1) is 6.92 Å². The number of rotatable bonds is 3. The van der Waals surface area contributed by atoms with Gasteiger partial charge in [0.25, 0.3) is 5.78 Å². The van der Waals surface area contributed by atoms with Crippen molar-refractivity contribution >= 4 is 23.2 Å². The summed E-state index contributed by atoms with van der Waals surface area (Å²) in [5.41, 5.74) is 1.89. The van der Waals surface area contributed by atoms with Crippen LogP contribution in [0.2, 0.25) is 5.15 Å². The molecule has 0 aromatic carbocycles. The number of nitrogens with zero attached hydrogens (tertiary/aromatic N) is 6. The van der Waals surface area contributed by atoms with Crippen LogP contribution in [0.25, 0.3) is 5.78 Å². The van der Waals surface area contributed by atoms with Gasteiger partial charge in [-0.2, -0.15) is 24.7 Å². The van der Waals surface area contributed by atoms with Crippen molar-refractivity contribution in [3.8, 4) is 0 Å². The number of aryl methyl sites for hydroxylation is 1. The van der Waals surface area contributed by atoms with Crippen LogP contribution < -0.4 is 5.32 Å². The van der Waals surface area contributed by atoms with Gasteiger partial charge < -0.3 is 5.32 Å². The van der Waals surface area contributed by atoms with Gasteiger partial charge in [0, 0.05) is 18.8 Å². The molecule has 0 radical (unpaired) electrons. The lowest BCUT2D eigenvalue weighted by Crippen LogP contribution is -2.11. The van der Waals surface area contributed by atoms with Gasteiger partial charge in [0.1, 0.15) is 17.3 Å². The second kappa shape index (κ2) is 4.51. The fourth-order valence-corrected chi connectivity index (χ4v) is 2.02. The molecule has 0 aliphatic carbocycles. The molecule has 19 heavy (non-hydrogen) atoms. The van der Waals surface area contributed by atoms with Crippen LogP contribution in [-0.4, -0.2) is 29.4 Å². The monoisotopic (exact) mass is 277 g/mol. The fourth-order valence-electron chi connectivity index (χ4n) is 1.85. The van der Waals surface area contributed by atoms with Gasteiger partial charge in [-0.25, -0.2) is 0 Å². The molecule has 0 bridgehead atoms. The fraction of sp³-hybridized carbons (Fsp3) is 0.273. The van der Waals surface area contributed by atoms with Gasteiger partial charge in [0.15, 0.2) is 0 Å². The van der Waals surface area contributed by atoms with E-state index in [2.05, 4.69) is 25.5 Å². The Morgan fingerprint density at radius 2 is 2.21 bits per heavy atom. The Hall–Kier alpha value is -2.15. The van der Waals surface area contributed by atoms with Crippen LogP contribution in [-0.2, 0) is 13.6 Å². The zero-order chi connectivity index (χ0) is 13.4. The minimum atomic E-state index is 0.424. The number of hydrogen-bond acceptors (Lipinski definition) is 5. The number of aromatic nitrogens is 6. The average molecular weight is 278 g/mol. The van der Waals surface area contributed by atoms with Crippen molar-refractivity contribution in [3.63, 3.8) is 0 Å². The molecule has 0 atom stereocenters. The van der Waals surface area contributed by atoms with Gasteiger partial charge in [0.2, 0.25) is 0 Å². The summed E-state index contributed by atoms with van der Waals surface area (Å²) in [6.07, 6.45) is 3.21. The van der Waals surface area contributed by atoms with Crippen molar-refractivity contribution in [1.82, 2.24) is 29.4 Å². The van der Waals surface area contributed by atoms with Gasteiger partial charge in [-0.3, -0.25) is 4.68 Å². The van der Waals surface area contributed by atoms with Gasteiger partial charge in [-0.15, -0.1) is 0 Å². The van der Waals surface area contributed by atoms with Gasteiger partial charge in [-0.1, -0.05) is 11.6 Å². The number of halogens is 1. The quantitative estimate of drug-likeness (QED) is 0.733. The van der Waals surface area contributed by atoms with Crippen molar-refractivity contribution in [2.75, 3.05) is 5.32 Å². The molecular weight excluding hydrogens is 266 g/mol. The van der Waals surface area contributed by atoms with E-state index in [0.717, 1.165) is 17.1 Å². The number of nitrogens with one attached hydrogen (secondary N) is 1. The maximum atomic E-state index is 6.09. The Bertz CT molecular complexity index is 730. The summed E-state index contributed by atoms with van der Waals surface area (Å²) in [5, 5.41) is 12.0. The van der Waals surface area contributed by atoms with E-state index < -0.39 is 0 Å². The summed E-state index contributed by atoms with van der Waals surface area (Å²) < 4.78 is 3.45. The molecule has 0 aliphatic heterocycles. The van der Waals surface area contributed by atoms with E-state index in [9.17, 15) is 0 Å². The molecule has 0 saturated carbocycles. The maximum absolute atomic E-state index is 6.09. The van der Waals surface area contributed by atoms with Crippen LogP contribution in [0.4, 0.5) is 5.82 Å². The predicted molar refractivity (Wildman–Crippen MR) is 71.1 cm³/mol. The highest BCUT2D eigenvalue weighted by atomic mass is 35.5. The Morgan fingerprint density at radius 1 is 1.37 bits per heavy atom. The molecule has 7 nitrogen and oxygen atoms in total. The highest BCUT2D eigenvalue weighted by Gasteiger charge is 2.12. The molecule has 98 valence electrons. The zero-order valence-electron chi connectivity index (χ0n) is 10.5. The minimum absolute atomic E-state index is 0.424. The lowest BCUT2D eigenvalue weighted by molar-refractivity contribution is 0.718. The van der Waals surface area contributed by atoms with Crippen LogP contribution in [0.5, 0.6) is 0 Å². The Labute approximate surface area is 114 Å². The van der Waals surface area contributed by atoms with E-state index in [1.54, 1.807) is 10.7 Å². The molecule has 0 aliphatic rings. The third kappa shape index (κ3) is 2.01. The highest BCUT2D eigenvalue weighted by molar-refractivity contribution is 6.30. The van der Waals surface area contributed by atoms with Crippen molar-refractivity contribution in [1.29, 1.82) is 0 Å². The van der Waals surface area contributed by atoms with Gasteiger partial charge in [0.05, 0.1) is 12.2 Å². The molecule has 0 unspecified atom stereocenters. The molecule has 0 spiro atoms. The summed E-state index contributed by atoms with van der Waals surface area (Å²) in [6.45, 7) is 2.51. The largest absolute Gasteiger partial charge is 0.364 e. The SMILES string of the molecule is Cc1c(Cl)nc2ncnn2c1NCc1ccnn1C. The summed E-state index contributed by atoms with van der Waals surface area (Å²) >= 11 is 6.09. The molecule has 0 fully saturated rings. The maximum Gasteiger partial charge on any atom is 0.255 e. The average Bonchev–Trinajstić information content (AvgIpc) is 2.99. The van der Waals surface area contributed by atoms with Crippen LogP contribution in [0.15, 0.2) is 18.6 Å². The lowest BCUT2D eigenvalue weighted by Gasteiger charge is -2.11. The highest BCUT2D eigenvalue weighted by Crippen LogP contribution is 2.22. The molecule has 3 aromatic heterocycles. The first-order valence-electron chi connectivity index (χ1n) is 5.73. The summed E-state index contributed by atoms with van der Waals surface area (Å²) in [6, 6.07) is 1.95. The molecule has 3 heterocycles. The number of anilines is 1. The Kier molecular flexibility index (Phi) is 2.83. The van der Waals surface area contributed by atoms with Crippen LogP contribution in [0.3, 0.4) is 0 Å². The molecule has 8 heteroatoms. The topological polar surface area (TPSA) is 72.9 Å². The molecule has 0 saturated heterocycles. The lowest BCUT2D eigenvalue weighted by atomic mass is 10.3. The van der Waals surface area contributed by atoms with Crippen molar-refractivity contribution in [2.24, 2.45) is 7.05 Å². The van der Waals surface area contributed by atoms with E-state index in [-0.39, 0.29) is 0 Å². The molecular formula is C11H12ClN7. The summed E-state index contributed by atoms with van der Waals surface area (Å²) in [7, 11) is 1.90. The minimum Gasteiger partial charge on any atom is -0.364 e. The summed E-state index contributed by atoms with van der Waals surface area (Å²) in [5.74, 6) is 1.26. The van der Waals surface area contributed by atoms with Crippen LogP contribution >= 0.6 is 11.6 Å². The smallest absolute Gasteiger partial charge is 0.255 e. The number of fused-ring (bicyclic) bond motifs is 1.